The van der Waals surface area contributed by atoms with Crippen molar-refractivity contribution >= 4 is 40.8 Å². The van der Waals surface area contributed by atoms with Crippen molar-refractivity contribution in [3.63, 3.8) is 0 Å². The molecule has 0 spiro atoms. The van der Waals surface area contributed by atoms with Crippen molar-refractivity contribution in [1.82, 2.24) is 5.32 Å². The van der Waals surface area contributed by atoms with Gasteiger partial charge in [0.25, 0.3) is 5.91 Å². The Balaban J connectivity index is 2.52. The molecule has 2 N–H and O–H groups in total. The van der Waals surface area contributed by atoms with Crippen molar-refractivity contribution in [3.8, 4) is 0 Å². The van der Waals surface area contributed by atoms with Gasteiger partial charge in [0.2, 0.25) is 0 Å². The molecular weight excluding hydrogens is 420 g/mol. The lowest BCUT2D eigenvalue weighted by Crippen LogP contribution is -2.69. The molecule has 0 heterocycles. The zero-order valence-electron chi connectivity index (χ0n) is 14.4. The van der Waals surface area contributed by atoms with Gasteiger partial charge in [-0.05, 0) is 37.3 Å². The van der Waals surface area contributed by atoms with Gasteiger partial charge in [-0.3, -0.25) is 4.79 Å². The first-order valence-corrected chi connectivity index (χ1v) is 8.71. The lowest BCUT2D eigenvalue weighted by molar-refractivity contribution is -0.204. The second-order valence-corrected chi connectivity index (χ2v) is 6.36. The summed E-state index contributed by atoms with van der Waals surface area (Å²) >= 11 is 11.6. The van der Waals surface area contributed by atoms with Crippen LogP contribution in [0.5, 0.6) is 0 Å². The number of benzene rings is 2. The standard InChI is InChI=1S/C18H15Cl2F3N2O3/c1-2-28-16(27)17(18(21,22)23,24-12-8-9-13(19)14(20)10-12)25-15(26)11-6-4-3-5-7-11/h3-10,24H,2H2,1H3,(H,25,26)/t17-/m1/s1. The number of esters is 1. The van der Waals surface area contributed by atoms with Crippen LogP contribution >= 0.6 is 23.2 Å². The van der Waals surface area contributed by atoms with Crippen molar-refractivity contribution in [3.05, 3.63) is 64.1 Å². The molecule has 2 rings (SSSR count). The summed E-state index contributed by atoms with van der Waals surface area (Å²) in [5.74, 6) is -2.85. The number of carbonyl (C=O) groups is 2. The molecule has 1 amide bonds. The van der Waals surface area contributed by atoms with Crippen LogP contribution in [0.2, 0.25) is 10.0 Å². The van der Waals surface area contributed by atoms with Gasteiger partial charge in [0, 0.05) is 11.3 Å². The summed E-state index contributed by atoms with van der Waals surface area (Å²) in [4.78, 5) is 24.8. The molecular formula is C18H15Cl2F3N2O3. The summed E-state index contributed by atoms with van der Waals surface area (Å²) in [5, 5.41) is 3.80. The van der Waals surface area contributed by atoms with Crippen molar-refractivity contribution < 1.29 is 27.5 Å². The Morgan fingerprint density at radius 3 is 2.21 bits per heavy atom. The molecule has 0 unspecified atom stereocenters. The van der Waals surface area contributed by atoms with Crippen LogP contribution in [0.25, 0.3) is 0 Å². The van der Waals surface area contributed by atoms with Gasteiger partial charge in [-0.15, -0.1) is 0 Å². The van der Waals surface area contributed by atoms with Crippen molar-refractivity contribution in [2.75, 3.05) is 11.9 Å². The predicted octanol–water partition coefficient (Wildman–Crippen LogP) is 4.66. The normalized spacial score (nSPS) is 13.4. The fourth-order valence-electron chi connectivity index (χ4n) is 2.25. The van der Waals surface area contributed by atoms with E-state index in [-0.39, 0.29) is 27.9 Å². The highest BCUT2D eigenvalue weighted by atomic mass is 35.5. The molecule has 0 fully saturated rings. The molecule has 0 bridgehead atoms. The first-order valence-electron chi connectivity index (χ1n) is 7.95. The van der Waals surface area contributed by atoms with Gasteiger partial charge in [-0.25, -0.2) is 4.79 Å². The molecule has 0 saturated carbocycles. The minimum absolute atomic E-state index is 0.0408. The number of anilines is 1. The van der Waals surface area contributed by atoms with Gasteiger partial charge in [0.15, 0.2) is 0 Å². The topological polar surface area (TPSA) is 67.4 Å². The molecule has 1 atom stereocenters. The third-order valence-electron chi connectivity index (χ3n) is 3.60. The van der Waals surface area contributed by atoms with Crippen LogP contribution in [0.4, 0.5) is 18.9 Å². The molecule has 0 aliphatic rings. The van der Waals surface area contributed by atoms with Crippen LogP contribution in [-0.4, -0.2) is 30.3 Å². The monoisotopic (exact) mass is 434 g/mol. The average molecular weight is 435 g/mol. The maximum atomic E-state index is 14.1. The van der Waals surface area contributed by atoms with E-state index in [2.05, 4.69) is 4.74 Å². The Kier molecular flexibility index (Phi) is 6.79. The average Bonchev–Trinajstić information content (AvgIpc) is 2.64. The van der Waals surface area contributed by atoms with E-state index in [4.69, 9.17) is 23.2 Å². The molecule has 10 heteroatoms. The van der Waals surface area contributed by atoms with Crippen LogP contribution in [0, 0.1) is 0 Å². The molecule has 150 valence electrons. The Hall–Kier alpha value is -2.45. The Labute approximate surface area is 168 Å². The zero-order valence-corrected chi connectivity index (χ0v) is 16.0. The fourth-order valence-corrected chi connectivity index (χ4v) is 2.55. The quantitative estimate of drug-likeness (QED) is 0.512. The second kappa shape index (κ2) is 8.70. The van der Waals surface area contributed by atoms with E-state index in [0.717, 1.165) is 6.07 Å². The number of carbonyl (C=O) groups excluding carboxylic acids is 2. The van der Waals surface area contributed by atoms with Gasteiger partial charge in [0.05, 0.1) is 16.7 Å². The number of ether oxygens (including phenoxy) is 1. The number of hydrogen-bond acceptors (Lipinski definition) is 4. The maximum Gasteiger partial charge on any atom is 0.441 e. The van der Waals surface area contributed by atoms with Crippen LogP contribution in [0.15, 0.2) is 48.5 Å². The van der Waals surface area contributed by atoms with Crippen molar-refractivity contribution in [2.45, 2.75) is 18.8 Å². The van der Waals surface area contributed by atoms with Crippen molar-refractivity contribution in [2.24, 2.45) is 0 Å². The molecule has 28 heavy (non-hydrogen) atoms. The minimum atomic E-state index is -5.25. The summed E-state index contributed by atoms with van der Waals surface area (Å²) in [5.41, 5.74) is -3.82. The van der Waals surface area contributed by atoms with Gasteiger partial charge in [0.1, 0.15) is 0 Å². The van der Waals surface area contributed by atoms with Gasteiger partial charge < -0.3 is 15.4 Å². The van der Waals surface area contributed by atoms with E-state index in [1.165, 1.54) is 43.3 Å². The number of hydrogen-bond donors (Lipinski definition) is 2. The molecule has 2 aromatic rings. The molecule has 0 saturated heterocycles. The SMILES string of the molecule is CCOC(=O)[C@](NC(=O)c1ccccc1)(Nc1ccc(Cl)c(Cl)c1)C(F)(F)F. The largest absolute Gasteiger partial charge is 0.463 e. The Morgan fingerprint density at radius 1 is 1.04 bits per heavy atom. The number of alkyl halides is 3. The number of nitrogens with one attached hydrogen (secondary N) is 2. The Bertz CT molecular complexity index is 863. The smallest absolute Gasteiger partial charge is 0.441 e. The highest BCUT2D eigenvalue weighted by molar-refractivity contribution is 6.42. The molecule has 2 aromatic carbocycles. The van der Waals surface area contributed by atoms with Crippen LogP contribution in [-0.2, 0) is 9.53 Å². The van der Waals surface area contributed by atoms with E-state index in [1.54, 1.807) is 11.4 Å². The van der Waals surface area contributed by atoms with Crippen LogP contribution in [0.3, 0.4) is 0 Å². The highest BCUT2D eigenvalue weighted by Gasteiger charge is 2.63. The number of rotatable bonds is 6. The van der Waals surface area contributed by atoms with E-state index < -0.39 is 23.7 Å². The molecule has 0 aliphatic carbocycles. The fraction of sp³-hybridized carbons (Fsp3) is 0.222. The summed E-state index contributed by atoms with van der Waals surface area (Å²) in [7, 11) is 0. The van der Waals surface area contributed by atoms with Crippen molar-refractivity contribution in [1.29, 1.82) is 0 Å². The maximum absolute atomic E-state index is 14.1. The van der Waals surface area contributed by atoms with Crippen LogP contribution < -0.4 is 10.6 Å². The minimum Gasteiger partial charge on any atom is -0.463 e. The number of amides is 1. The van der Waals surface area contributed by atoms with Gasteiger partial charge in [-0.1, -0.05) is 41.4 Å². The third-order valence-corrected chi connectivity index (χ3v) is 4.33. The molecule has 0 radical (unpaired) electrons. The van der Waals surface area contributed by atoms with Gasteiger partial charge >= 0.3 is 17.8 Å². The first-order chi connectivity index (χ1) is 13.1. The van der Waals surface area contributed by atoms with E-state index in [9.17, 15) is 22.8 Å². The lowest BCUT2D eigenvalue weighted by atomic mass is 10.1. The molecule has 5 nitrogen and oxygen atoms in total. The molecule has 0 aliphatic heterocycles. The second-order valence-electron chi connectivity index (χ2n) is 5.54. The van der Waals surface area contributed by atoms with Gasteiger partial charge in [-0.2, -0.15) is 13.2 Å². The first kappa shape index (κ1) is 21.8. The molecule has 0 aromatic heterocycles. The summed E-state index contributed by atoms with van der Waals surface area (Å²) in [6.45, 7) is 1.01. The van der Waals surface area contributed by atoms with E-state index >= 15 is 0 Å². The summed E-state index contributed by atoms with van der Waals surface area (Å²) in [6.07, 6.45) is -5.25. The highest BCUT2D eigenvalue weighted by Crippen LogP contribution is 2.35. The summed E-state index contributed by atoms with van der Waals surface area (Å²) in [6, 6.07) is 10.7. The third kappa shape index (κ3) is 4.69. The lowest BCUT2D eigenvalue weighted by Gasteiger charge is -2.35. The van der Waals surface area contributed by atoms with E-state index in [0.29, 0.717) is 0 Å². The van der Waals surface area contributed by atoms with Crippen LogP contribution in [0.1, 0.15) is 17.3 Å². The number of halogens is 5. The van der Waals surface area contributed by atoms with E-state index in [1.807, 2.05) is 5.32 Å². The Morgan fingerprint density at radius 2 is 1.68 bits per heavy atom. The zero-order chi connectivity index (χ0) is 20.9. The summed E-state index contributed by atoms with van der Waals surface area (Å²) < 4.78 is 46.8. The predicted molar refractivity (Wildman–Crippen MR) is 99.4 cm³/mol.